The van der Waals surface area contributed by atoms with Crippen molar-refractivity contribution in [1.29, 1.82) is 0 Å². The van der Waals surface area contributed by atoms with Crippen molar-refractivity contribution in [3.8, 4) is 0 Å². The molecule has 0 fully saturated rings. The van der Waals surface area contributed by atoms with Crippen LogP contribution in [0.2, 0.25) is 0 Å². The van der Waals surface area contributed by atoms with Crippen molar-refractivity contribution in [2.45, 2.75) is 26.7 Å². The minimum absolute atomic E-state index is 0.0251. The van der Waals surface area contributed by atoms with Crippen LogP contribution in [-0.2, 0) is 4.79 Å². The first-order valence-electron chi connectivity index (χ1n) is 4.74. The molecular formula is C9H17N3O. The molecule has 3 N–H and O–H groups in total. The maximum atomic E-state index is 11.3. The van der Waals surface area contributed by atoms with Crippen LogP contribution in [0.4, 0.5) is 0 Å². The van der Waals surface area contributed by atoms with E-state index >= 15 is 0 Å². The van der Waals surface area contributed by atoms with Gasteiger partial charge in [-0.05, 0) is 25.3 Å². The molecule has 4 heteroatoms. The summed E-state index contributed by atoms with van der Waals surface area (Å²) in [6.45, 7) is 4.73. The Labute approximate surface area is 78.6 Å². The molecule has 0 bridgehead atoms. The molecule has 0 spiro atoms. The number of nitrogens with one attached hydrogen (secondary N) is 1. The van der Waals surface area contributed by atoms with Crippen molar-refractivity contribution < 1.29 is 4.79 Å². The molecule has 1 amide bonds. The van der Waals surface area contributed by atoms with Crippen LogP contribution in [0.5, 0.6) is 0 Å². The first-order chi connectivity index (χ1) is 6.16. The molecule has 1 heterocycles. The number of hydrogen-bond donors (Lipinski definition) is 2. The molecule has 1 unspecified atom stereocenters. The second-order valence-corrected chi connectivity index (χ2v) is 3.65. The minimum Gasteiger partial charge on any atom is -0.330 e. The van der Waals surface area contributed by atoms with Crippen molar-refractivity contribution in [2.75, 3.05) is 6.54 Å². The summed E-state index contributed by atoms with van der Waals surface area (Å²) in [5.74, 6) is 0.322. The van der Waals surface area contributed by atoms with E-state index in [1.807, 2.05) is 0 Å². The molecule has 74 valence electrons. The molecule has 0 aromatic rings. The molecule has 0 aromatic heterocycles. The molecule has 0 saturated carbocycles. The van der Waals surface area contributed by atoms with E-state index in [1.54, 1.807) is 0 Å². The second-order valence-electron chi connectivity index (χ2n) is 3.65. The molecule has 0 saturated heterocycles. The topological polar surface area (TPSA) is 67.5 Å². The number of rotatable bonds is 4. The Morgan fingerprint density at radius 1 is 1.62 bits per heavy atom. The van der Waals surface area contributed by atoms with E-state index in [0.29, 0.717) is 12.5 Å². The normalized spacial score (nSPS) is 22.0. The van der Waals surface area contributed by atoms with Gasteiger partial charge in [-0.25, -0.2) is 5.43 Å². The molecule has 13 heavy (non-hydrogen) atoms. The molecule has 0 aromatic carbocycles. The fourth-order valence-corrected chi connectivity index (χ4v) is 1.54. The first kappa shape index (κ1) is 10.2. The Balaban J connectivity index is 2.58. The Kier molecular flexibility index (Phi) is 3.42. The fraction of sp³-hybridized carbons (Fsp3) is 0.778. The van der Waals surface area contributed by atoms with Crippen LogP contribution < -0.4 is 11.2 Å². The monoisotopic (exact) mass is 183 g/mol. The average Bonchev–Trinajstić information content (AvgIpc) is 2.43. The highest BCUT2D eigenvalue weighted by molar-refractivity contribution is 6.08. The van der Waals surface area contributed by atoms with Gasteiger partial charge in [0.05, 0.1) is 11.6 Å². The maximum absolute atomic E-state index is 11.3. The molecule has 1 atom stereocenters. The zero-order chi connectivity index (χ0) is 9.84. The van der Waals surface area contributed by atoms with E-state index in [4.69, 9.17) is 5.73 Å². The van der Waals surface area contributed by atoms with Crippen LogP contribution in [-0.4, -0.2) is 18.2 Å². The van der Waals surface area contributed by atoms with E-state index in [1.165, 1.54) is 0 Å². The summed E-state index contributed by atoms with van der Waals surface area (Å²) in [4.78, 5) is 11.3. The van der Waals surface area contributed by atoms with Crippen molar-refractivity contribution >= 4 is 11.6 Å². The standard InChI is InChI=1S/C9H17N3O/c1-6(2)8-7(4-3-5-10)9(13)12-11-8/h6-7H,3-5,10H2,1-2H3,(H,12,13). The molecule has 0 radical (unpaired) electrons. The zero-order valence-corrected chi connectivity index (χ0v) is 8.21. The lowest BCUT2D eigenvalue weighted by molar-refractivity contribution is -0.122. The third-order valence-corrected chi connectivity index (χ3v) is 2.26. The van der Waals surface area contributed by atoms with E-state index < -0.39 is 0 Å². The van der Waals surface area contributed by atoms with Gasteiger partial charge in [0.1, 0.15) is 0 Å². The summed E-state index contributed by atoms with van der Waals surface area (Å²) < 4.78 is 0. The number of amides is 1. The van der Waals surface area contributed by atoms with Gasteiger partial charge in [0.25, 0.3) is 0 Å². The Morgan fingerprint density at radius 2 is 2.31 bits per heavy atom. The van der Waals surface area contributed by atoms with Gasteiger partial charge in [-0.1, -0.05) is 13.8 Å². The number of hydrogen-bond acceptors (Lipinski definition) is 3. The summed E-state index contributed by atoms with van der Waals surface area (Å²) in [6, 6.07) is 0. The van der Waals surface area contributed by atoms with Crippen molar-refractivity contribution in [3.05, 3.63) is 0 Å². The van der Waals surface area contributed by atoms with Crippen LogP contribution in [0.15, 0.2) is 5.10 Å². The van der Waals surface area contributed by atoms with E-state index in [-0.39, 0.29) is 11.8 Å². The lowest BCUT2D eigenvalue weighted by Crippen LogP contribution is -2.26. The van der Waals surface area contributed by atoms with E-state index in [0.717, 1.165) is 18.6 Å². The Morgan fingerprint density at radius 3 is 2.85 bits per heavy atom. The van der Waals surface area contributed by atoms with Crippen molar-refractivity contribution in [3.63, 3.8) is 0 Å². The highest BCUT2D eigenvalue weighted by Crippen LogP contribution is 2.18. The summed E-state index contributed by atoms with van der Waals surface area (Å²) in [7, 11) is 0. The van der Waals surface area contributed by atoms with Gasteiger partial charge in [-0.2, -0.15) is 5.10 Å². The van der Waals surface area contributed by atoms with E-state index in [9.17, 15) is 4.79 Å². The maximum Gasteiger partial charge on any atom is 0.248 e. The van der Waals surface area contributed by atoms with Crippen LogP contribution >= 0.6 is 0 Å². The second kappa shape index (κ2) is 4.37. The van der Waals surface area contributed by atoms with Gasteiger partial charge in [-0.3, -0.25) is 4.79 Å². The van der Waals surface area contributed by atoms with Gasteiger partial charge in [0, 0.05) is 0 Å². The van der Waals surface area contributed by atoms with Crippen LogP contribution in [0.3, 0.4) is 0 Å². The third kappa shape index (κ3) is 2.28. The molecule has 1 aliphatic rings. The van der Waals surface area contributed by atoms with E-state index in [2.05, 4.69) is 24.4 Å². The van der Waals surface area contributed by atoms with Crippen molar-refractivity contribution in [2.24, 2.45) is 22.7 Å². The average molecular weight is 183 g/mol. The summed E-state index contributed by atoms with van der Waals surface area (Å²) in [5.41, 5.74) is 8.89. The minimum atomic E-state index is -0.0384. The summed E-state index contributed by atoms with van der Waals surface area (Å²) in [6.07, 6.45) is 1.70. The lowest BCUT2D eigenvalue weighted by Gasteiger charge is -2.11. The van der Waals surface area contributed by atoms with Crippen LogP contribution in [0.25, 0.3) is 0 Å². The summed E-state index contributed by atoms with van der Waals surface area (Å²) in [5, 5.41) is 4.03. The molecule has 0 aliphatic carbocycles. The Bertz CT molecular complexity index is 223. The molecule has 1 aliphatic heterocycles. The van der Waals surface area contributed by atoms with Gasteiger partial charge in [0.2, 0.25) is 5.91 Å². The molecule has 4 nitrogen and oxygen atoms in total. The zero-order valence-electron chi connectivity index (χ0n) is 8.21. The number of hydrazone groups is 1. The number of carbonyl (C=O) groups is 1. The van der Waals surface area contributed by atoms with Gasteiger partial charge in [0.15, 0.2) is 0 Å². The number of nitrogens with two attached hydrogens (primary N) is 1. The Hall–Kier alpha value is -0.900. The van der Waals surface area contributed by atoms with Gasteiger partial charge >= 0.3 is 0 Å². The third-order valence-electron chi connectivity index (χ3n) is 2.26. The smallest absolute Gasteiger partial charge is 0.248 e. The largest absolute Gasteiger partial charge is 0.330 e. The predicted molar refractivity (Wildman–Crippen MR) is 52.2 cm³/mol. The number of carbonyl (C=O) groups excluding carboxylic acids is 1. The first-order valence-corrected chi connectivity index (χ1v) is 4.74. The molecule has 1 rings (SSSR count). The van der Waals surface area contributed by atoms with Crippen LogP contribution in [0.1, 0.15) is 26.7 Å². The summed E-state index contributed by atoms with van der Waals surface area (Å²) >= 11 is 0. The molecular weight excluding hydrogens is 166 g/mol. The van der Waals surface area contributed by atoms with Crippen LogP contribution in [0, 0.1) is 11.8 Å². The van der Waals surface area contributed by atoms with Gasteiger partial charge < -0.3 is 5.73 Å². The fourth-order valence-electron chi connectivity index (χ4n) is 1.54. The highest BCUT2D eigenvalue weighted by Gasteiger charge is 2.30. The lowest BCUT2D eigenvalue weighted by atomic mass is 9.91. The van der Waals surface area contributed by atoms with Crippen molar-refractivity contribution in [1.82, 2.24) is 5.43 Å². The quantitative estimate of drug-likeness (QED) is 0.665. The SMILES string of the molecule is CC(C)C1=NNC(=O)C1CCCN. The predicted octanol–water partition coefficient (Wildman–Crippen LogP) is 0.483. The number of nitrogens with zero attached hydrogens (tertiary/aromatic N) is 1. The van der Waals surface area contributed by atoms with Gasteiger partial charge in [-0.15, -0.1) is 0 Å². The highest BCUT2D eigenvalue weighted by atomic mass is 16.2.